The van der Waals surface area contributed by atoms with Crippen molar-refractivity contribution in [1.29, 1.82) is 0 Å². The van der Waals surface area contributed by atoms with Crippen molar-refractivity contribution in [1.82, 2.24) is 10.2 Å². The molecule has 17 heavy (non-hydrogen) atoms. The molecule has 0 spiro atoms. The molecule has 1 N–H and O–H groups in total. The van der Waals surface area contributed by atoms with Crippen molar-refractivity contribution in [2.75, 3.05) is 19.6 Å². The van der Waals surface area contributed by atoms with E-state index in [0.717, 1.165) is 25.7 Å². The van der Waals surface area contributed by atoms with Gasteiger partial charge in [-0.15, -0.1) is 11.3 Å². The average Bonchev–Trinajstić information content (AvgIpc) is 2.90. The molecule has 2 rings (SSSR count). The lowest BCUT2D eigenvalue weighted by Gasteiger charge is -2.24. The summed E-state index contributed by atoms with van der Waals surface area (Å²) in [4.78, 5) is 4.10. The van der Waals surface area contributed by atoms with E-state index in [4.69, 9.17) is 0 Å². The molecule has 1 unspecified atom stereocenters. The molecule has 0 aliphatic carbocycles. The molecule has 4 heteroatoms. The molecule has 2 nitrogen and oxygen atoms in total. The number of thiophene rings is 1. The lowest BCUT2D eigenvalue weighted by molar-refractivity contribution is 0.241. The van der Waals surface area contributed by atoms with Gasteiger partial charge in [-0.1, -0.05) is 6.92 Å². The van der Waals surface area contributed by atoms with Crippen LogP contribution >= 0.6 is 27.3 Å². The Morgan fingerprint density at radius 1 is 1.53 bits per heavy atom. The fourth-order valence-corrected chi connectivity index (χ4v) is 3.93. The van der Waals surface area contributed by atoms with E-state index in [1.807, 2.05) is 11.3 Å². The molecule has 1 fully saturated rings. The van der Waals surface area contributed by atoms with Gasteiger partial charge in [0.15, 0.2) is 0 Å². The molecule has 0 amide bonds. The quantitative estimate of drug-likeness (QED) is 0.808. The van der Waals surface area contributed by atoms with E-state index in [-0.39, 0.29) is 0 Å². The molecular weight excluding hydrogens is 296 g/mol. The van der Waals surface area contributed by atoms with Gasteiger partial charge in [0.25, 0.3) is 0 Å². The lowest BCUT2D eigenvalue weighted by Crippen LogP contribution is -2.37. The summed E-state index contributed by atoms with van der Waals surface area (Å²) in [6.45, 7) is 6.90. The van der Waals surface area contributed by atoms with E-state index >= 15 is 0 Å². The monoisotopic (exact) mass is 316 g/mol. The number of halogens is 1. The third-order valence-corrected chi connectivity index (χ3v) is 4.90. The van der Waals surface area contributed by atoms with Gasteiger partial charge in [-0.2, -0.15) is 0 Å². The summed E-state index contributed by atoms with van der Waals surface area (Å²) in [7, 11) is 0. The standard InChI is InChI=1S/C13H21BrN2S/c1-2-7-15-9-11-4-3-8-16(11)10-12-5-6-13(14)17-12/h5-6,11,15H,2-4,7-10H2,1H3. The van der Waals surface area contributed by atoms with Crippen LogP contribution in [-0.2, 0) is 6.54 Å². The first-order chi connectivity index (χ1) is 8.29. The summed E-state index contributed by atoms with van der Waals surface area (Å²) in [5, 5.41) is 3.55. The van der Waals surface area contributed by atoms with Crippen molar-refractivity contribution >= 4 is 27.3 Å². The highest BCUT2D eigenvalue weighted by Crippen LogP contribution is 2.26. The van der Waals surface area contributed by atoms with Crippen LogP contribution in [0.3, 0.4) is 0 Å². The summed E-state index contributed by atoms with van der Waals surface area (Å²) in [6, 6.07) is 5.13. The fourth-order valence-electron chi connectivity index (χ4n) is 2.42. The molecule has 0 saturated carbocycles. The zero-order chi connectivity index (χ0) is 12.1. The molecular formula is C13H21BrN2S. The van der Waals surface area contributed by atoms with Gasteiger partial charge >= 0.3 is 0 Å². The lowest BCUT2D eigenvalue weighted by atomic mass is 10.2. The third kappa shape index (κ3) is 4.05. The van der Waals surface area contributed by atoms with Crippen molar-refractivity contribution in [2.24, 2.45) is 0 Å². The highest BCUT2D eigenvalue weighted by Gasteiger charge is 2.24. The van der Waals surface area contributed by atoms with Crippen LogP contribution in [-0.4, -0.2) is 30.6 Å². The molecule has 1 saturated heterocycles. The molecule has 0 aromatic carbocycles. The van der Waals surface area contributed by atoms with Crippen LogP contribution in [0.25, 0.3) is 0 Å². The summed E-state index contributed by atoms with van der Waals surface area (Å²) >= 11 is 5.40. The molecule has 0 bridgehead atoms. The van der Waals surface area contributed by atoms with Gasteiger partial charge in [-0.3, -0.25) is 4.90 Å². The molecule has 0 radical (unpaired) electrons. The smallest absolute Gasteiger partial charge is 0.0701 e. The zero-order valence-electron chi connectivity index (χ0n) is 10.4. The maximum atomic E-state index is 3.55. The maximum Gasteiger partial charge on any atom is 0.0701 e. The van der Waals surface area contributed by atoms with Crippen LogP contribution in [0.5, 0.6) is 0 Å². The van der Waals surface area contributed by atoms with Crippen molar-refractivity contribution < 1.29 is 0 Å². The van der Waals surface area contributed by atoms with Crippen molar-refractivity contribution in [2.45, 2.75) is 38.8 Å². The minimum Gasteiger partial charge on any atom is -0.315 e. The van der Waals surface area contributed by atoms with Crippen LogP contribution in [0.15, 0.2) is 15.9 Å². The fraction of sp³-hybridized carbons (Fsp3) is 0.692. The Bertz CT molecular complexity index is 340. The second-order valence-corrected chi connectivity index (χ2v) is 7.22. The Balaban J connectivity index is 1.82. The van der Waals surface area contributed by atoms with E-state index in [0.29, 0.717) is 0 Å². The average molecular weight is 317 g/mol. The van der Waals surface area contributed by atoms with Crippen LogP contribution in [0, 0.1) is 0 Å². The van der Waals surface area contributed by atoms with Gasteiger partial charge in [-0.25, -0.2) is 0 Å². The second kappa shape index (κ2) is 6.88. The summed E-state index contributed by atoms with van der Waals surface area (Å²) in [6.07, 6.45) is 3.93. The summed E-state index contributed by atoms with van der Waals surface area (Å²) in [5.74, 6) is 0. The summed E-state index contributed by atoms with van der Waals surface area (Å²) in [5.41, 5.74) is 0. The van der Waals surface area contributed by atoms with E-state index in [1.54, 1.807) is 0 Å². The Morgan fingerprint density at radius 2 is 2.41 bits per heavy atom. The number of hydrogen-bond donors (Lipinski definition) is 1. The number of nitrogens with one attached hydrogen (secondary N) is 1. The van der Waals surface area contributed by atoms with E-state index < -0.39 is 0 Å². The van der Waals surface area contributed by atoms with Crippen LogP contribution in [0.1, 0.15) is 31.1 Å². The Morgan fingerprint density at radius 3 is 3.12 bits per heavy atom. The van der Waals surface area contributed by atoms with Crippen molar-refractivity contribution in [3.8, 4) is 0 Å². The molecule has 1 atom stereocenters. The SMILES string of the molecule is CCCNCC1CCCN1Cc1ccc(Br)s1. The van der Waals surface area contributed by atoms with Gasteiger partial charge in [0.1, 0.15) is 0 Å². The number of rotatable bonds is 6. The highest BCUT2D eigenvalue weighted by molar-refractivity contribution is 9.11. The molecule has 1 aliphatic rings. The van der Waals surface area contributed by atoms with E-state index in [2.05, 4.69) is 45.2 Å². The predicted molar refractivity (Wildman–Crippen MR) is 78.6 cm³/mol. The van der Waals surface area contributed by atoms with Gasteiger partial charge in [0.05, 0.1) is 3.79 Å². The Kier molecular flexibility index (Phi) is 5.48. The molecule has 1 aromatic heterocycles. The van der Waals surface area contributed by atoms with Crippen molar-refractivity contribution in [3.63, 3.8) is 0 Å². The number of hydrogen-bond acceptors (Lipinski definition) is 3. The predicted octanol–water partition coefficient (Wildman–Crippen LogP) is 3.47. The van der Waals surface area contributed by atoms with Gasteiger partial charge in [0, 0.05) is 24.0 Å². The van der Waals surface area contributed by atoms with E-state index in [1.165, 1.54) is 34.5 Å². The van der Waals surface area contributed by atoms with Crippen molar-refractivity contribution in [3.05, 3.63) is 20.8 Å². The topological polar surface area (TPSA) is 15.3 Å². The highest BCUT2D eigenvalue weighted by atomic mass is 79.9. The molecule has 1 aromatic rings. The molecule has 1 aliphatic heterocycles. The maximum absolute atomic E-state index is 3.55. The first-order valence-electron chi connectivity index (χ1n) is 6.48. The second-order valence-electron chi connectivity index (χ2n) is 4.68. The van der Waals surface area contributed by atoms with Crippen LogP contribution in [0.4, 0.5) is 0 Å². The minimum atomic E-state index is 0.738. The Labute approximate surface area is 117 Å². The zero-order valence-corrected chi connectivity index (χ0v) is 12.8. The van der Waals surface area contributed by atoms with Crippen LogP contribution < -0.4 is 5.32 Å². The van der Waals surface area contributed by atoms with Crippen LogP contribution in [0.2, 0.25) is 0 Å². The number of likely N-dealkylation sites (tertiary alicyclic amines) is 1. The number of nitrogens with zero attached hydrogens (tertiary/aromatic N) is 1. The van der Waals surface area contributed by atoms with Gasteiger partial charge in [-0.05, 0) is 60.4 Å². The normalized spacial score (nSPS) is 21.2. The molecule has 2 heterocycles. The molecule has 96 valence electrons. The Hall–Kier alpha value is 0.1000. The van der Waals surface area contributed by atoms with E-state index in [9.17, 15) is 0 Å². The third-order valence-electron chi connectivity index (χ3n) is 3.29. The van der Waals surface area contributed by atoms with Gasteiger partial charge in [0.2, 0.25) is 0 Å². The van der Waals surface area contributed by atoms with Gasteiger partial charge < -0.3 is 5.32 Å². The largest absolute Gasteiger partial charge is 0.315 e. The first kappa shape index (κ1) is 13.5. The summed E-state index contributed by atoms with van der Waals surface area (Å²) < 4.78 is 1.24. The minimum absolute atomic E-state index is 0.738. The first-order valence-corrected chi connectivity index (χ1v) is 8.09.